The van der Waals surface area contributed by atoms with E-state index in [9.17, 15) is 24.6 Å². The van der Waals surface area contributed by atoms with E-state index in [4.69, 9.17) is 9.15 Å². The number of rotatable bonds is 6. The number of amides is 1. The first-order valence-electron chi connectivity index (χ1n) is 7.63. The Bertz CT molecular complexity index is 1010. The minimum absolute atomic E-state index is 0.0775. The van der Waals surface area contributed by atoms with Crippen LogP contribution in [0.5, 0.6) is 11.5 Å². The molecule has 0 fully saturated rings. The second kappa shape index (κ2) is 7.44. The highest BCUT2D eigenvalue weighted by molar-refractivity contribution is 6.02. The van der Waals surface area contributed by atoms with Crippen LogP contribution >= 0.6 is 0 Å². The molecule has 0 aliphatic heterocycles. The van der Waals surface area contributed by atoms with E-state index in [0.717, 1.165) is 12.1 Å². The summed E-state index contributed by atoms with van der Waals surface area (Å²) in [5.74, 6) is -3.25. The molecule has 136 valence electrons. The van der Waals surface area contributed by atoms with Crippen LogP contribution in [0.25, 0.3) is 0 Å². The summed E-state index contributed by atoms with van der Waals surface area (Å²) in [6.07, 6.45) is 1.37. The molecule has 1 N–H and O–H groups in total. The highest BCUT2D eigenvalue weighted by atomic mass is 16.5. The summed E-state index contributed by atoms with van der Waals surface area (Å²) in [6, 6.07) is 12.8. The molecule has 0 radical (unpaired) electrons. The van der Waals surface area contributed by atoms with E-state index in [1.807, 2.05) is 0 Å². The van der Waals surface area contributed by atoms with Gasteiger partial charge >= 0.3 is 0 Å². The Hall–Kier alpha value is -4.07. The van der Waals surface area contributed by atoms with Gasteiger partial charge in [-0.25, -0.2) is 0 Å². The number of carboxylic acids is 2. The Morgan fingerprint density at radius 2 is 1.59 bits per heavy atom. The maximum absolute atomic E-state index is 12.0. The topological polar surface area (TPSA) is 132 Å². The first-order valence-corrected chi connectivity index (χ1v) is 7.63. The average molecular weight is 365 g/mol. The van der Waals surface area contributed by atoms with E-state index < -0.39 is 29.0 Å². The summed E-state index contributed by atoms with van der Waals surface area (Å²) in [4.78, 5) is 34.0. The van der Waals surface area contributed by atoms with Crippen molar-refractivity contribution in [3.8, 4) is 11.5 Å². The van der Waals surface area contributed by atoms with Gasteiger partial charge in [-0.05, 0) is 42.5 Å². The molecule has 0 unspecified atom stereocenters. The summed E-state index contributed by atoms with van der Waals surface area (Å²) in [7, 11) is 0. The number of furan rings is 1. The number of carbonyl (C=O) groups is 3. The quantitative estimate of drug-likeness (QED) is 0.690. The van der Waals surface area contributed by atoms with Gasteiger partial charge in [0.2, 0.25) is 0 Å². The third-order valence-electron chi connectivity index (χ3n) is 3.50. The number of ether oxygens (including phenoxy) is 1. The third-order valence-corrected chi connectivity index (χ3v) is 3.50. The van der Waals surface area contributed by atoms with Crippen LogP contribution in [-0.4, -0.2) is 17.8 Å². The number of benzene rings is 2. The van der Waals surface area contributed by atoms with E-state index in [2.05, 4.69) is 5.32 Å². The number of anilines is 1. The van der Waals surface area contributed by atoms with Gasteiger partial charge in [-0.2, -0.15) is 0 Å². The summed E-state index contributed by atoms with van der Waals surface area (Å²) in [5, 5.41) is 24.7. The lowest BCUT2D eigenvalue weighted by molar-refractivity contribution is -0.259. The van der Waals surface area contributed by atoms with Crippen molar-refractivity contribution in [2.45, 2.75) is 0 Å². The fourth-order valence-electron chi connectivity index (χ4n) is 2.31. The van der Waals surface area contributed by atoms with Crippen LogP contribution in [0.15, 0.2) is 65.3 Å². The van der Waals surface area contributed by atoms with Gasteiger partial charge in [-0.1, -0.05) is 6.07 Å². The van der Waals surface area contributed by atoms with Crippen molar-refractivity contribution in [2.75, 3.05) is 5.32 Å². The van der Waals surface area contributed by atoms with Crippen LogP contribution in [0.2, 0.25) is 0 Å². The molecule has 0 aliphatic rings. The van der Waals surface area contributed by atoms with Gasteiger partial charge < -0.3 is 34.3 Å². The standard InChI is InChI=1S/C19H13NO7/c21-17(16-5-2-8-26-16)20-11-3-1-4-12(9-11)27-13-6-7-14(18(22)23)15(10-13)19(24)25/h1-10H,(H,20,21)(H,22,23)(H,24,25)/p-2. The molecular formula is C19H11NO7-2. The van der Waals surface area contributed by atoms with Crippen molar-refractivity contribution in [2.24, 2.45) is 0 Å². The molecule has 0 atom stereocenters. The van der Waals surface area contributed by atoms with E-state index in [1.165, 1.54) is 24.5 Å². The molecule has 0 aliphatic carbocycles. The number of nitrogens with one attached hydrogen (secondary N) is 1. The second-order valence-corrected chi connectivity index (χ2v) is 5.34. The smallest absolute Gasteiger partial charge is 0.291 e. The minimum Gasteiger partial charge on any atom is -0.545 e. The number of hydrogen-bond donors (Lipinski definition) is 1. The SMILES string of the molecule is O=C(Nc1cccc(Oc2ccc(C(=O)[O-])c(C(=O)[O-])c2)c1)c1ccco1. The van der Waals surface area contributed by atoms with Gasteiger partial charge in [0.25, 0.3) is 5.91 Å². The molecule has 8 nitrogen and oxygen atoms in total. The van der Waals surface area contributed by atoms with E-state index >= 15 is 0 Å². The van der Waals surface area contributed by atoms with Crippen molar-refractivity contribution < 1.29 is 33.8 Å². The van der Waals surface area contributed by atoms with E-state index in [1.54, 1.807) is 24.3 Å². The molecule has 1 aromatic heterocycles. The largest absolute Gasteiger partial charge is 0.545 e. The zero-order valence-electron chi connectivity index (χ0n) is 13.6. The summed E-state index contributed by atoms with van der Waals surface area (Å²) in [5.41, 5.74) is -0.656. The first kappa shape index (κ1) is 17.7. The Morgan fingerprint density at radius 1 is 0.852 bits per heavy atom. The fourth-order valence-corrected chi connectivity index (χ4v) is 2.31. The van der Waals surface area contributed by atoms with Gasteiger partial charge in [-0.3, -0.25) is 4.79 Å². The molecule has 3 aromatic rings. The Balaban J connectivity index is 1.80. The molecule has 8 heteroatoms. The molecule has 0 saturated carbocycles. The average Bonchev–Trinajstić information content (AvgIpc) is 3.16. The van der Waals surface area contributed by atoms with Crippen LogP contribution in [0.4, 0.5) is 5.69 Å². The number of hydrogen-bond acceptors (Lipinski definition) is 7. The van der Waals surface area contributed by atoms with Gasteiger partial charge in [-0.15, -0.1) is 0 Å². The lowest BCUT2D eigenvalue weighted by atomic mass is 10.1. The normalized spacial score (nSPS) is 10.2. The highest BCUT2D eigenvalue weighted by Crippen LogP contribution is 2.26. The Morgan fingerprint density at radius 3 is 2.26 bits per heavy atom. The van der Waals surface area contributed by atoms with Crippen LogP contribution in [0.1, 0.15) is 31.3 Å². The molecule has 2 aromatic carbocycles. The van der Waals surface area contributed by atoms with Crippen LogP contribution in [-0.2, 0) is 0 Å². The van der Waals surface area contributed by atoms with Gasteiger partial charge in [0.05, 0.1) is 18.2 Å². The van der Waals surface area contributed by atoms with E-state index in [0.29, 0.717) is 5.69 Å². The predicted octanol–water partition coefficient (Wildman–Crippen LogP) is 1.05. The van der Waals surface area contributed by atoms with Crippen molar-refractivity contribution in [1.82, 2.24) is 0 Å². The molecule has 0 saturated heterocycles. The molecule has 1 amide bonds. The summed E-state index contributed by atoms with van der Waals surface area (Å²) >= 11 is 0. The van der Waals surface area contributed by atoms with Crippen LogP contribution < -0.4 is 20.3 Å². The van der Waals surface area contributed by atoms with Crippen LogP contribution in [0.3, 0.4) is 0 Å². The van der Waals surface area contributed by atoms with Crippen molar-refractivity contribution in [3.05, 3.63) is 77.7 Å². The summed E-state index contributed by atoms with van der Waals surface area (Å²) < 4.78 is 10.5. The molecule has 3 rings (SSSR count). The van der Waals surface area contributed by atoms with Crippen molar-refractivity contribution >= 4 is 23.5 Å². The molecule has 1 heterocycles. The zero-order chi connectivity index (χ0) is 19.4. The number of aromatic carboxylic acids is 2. The molecular weight excluding hydrogens is 354 g/mol. The number of carboxylic acid groups (broad SMARTS) is 2. The maximum Gasteiger partial charge on any atom is 0.291 e. The molecule has 0 bridgehead atoms. The Kier molecular flexibility index (Phi) is 4.89. The van der Waals surface area contributed by atoms with Crippen LogP contribution in [0, 0.1) is 0 Å². The molecule has 0 spiro atoms. The third kappa shape index (κ3) is 4.13. The van der Waals surface area contributed by atoms with Gasteiger partial charge in [0, 0.05) is 22.9 Å². The maximum atomic E-state index is 12.0. The molecule has 27 heavy (non-hydrogen) atoms. The highest BCUT2D eigenvalue weighted by Gasteiger charge is 2.10. The monoisotopic (exact) mass is 365 g/mol. The van der Waals surface area contributed by atoms with Crippen molar-refractivity contribution in [1.29, 1.82) is 0 Å². The van der Waals surface area contributed by atoms with Gasteiger partial charge in [0.1, 0.15) is 11.5 Å². The van der Waals surface area contributed by atoms with Crippen molar-refractivity contribution in [3.63, 3.8) is 0 Å². The lowest BCUT2D eigenvalue weighted by Gasteiger charge is -2.14. The first-order chi connectivity index (χ1) is 12.9. The minimum atomic E-state index is -1.67. The van der Waals surface area contributed by atoms with E-state index in [-0.39, 0.29) is 17.3 Å². The Labute approximate surface area is 152 Å². The summed E-state index contributed by atoms with van der Waals surface area (Å²) in [6.45, 7) is 0. The second-order valence-electron chi connectivity index (χ2n) is 5.34. The predicted molar refractivity (Wildman–Crippen MR) is 88.3 cm³/mol. The lowest BCUT2D eigenvalue weighted by Crippen LogP contribution is -2.30. The number of carbonyl (C=O) groups excluding carboxylic acids is 3. The van der Waals surface area contributed by atoms with Gasteiger partial charge in [0.15, 0.2) is 5.76 Å². The zero-order valence-corrected chi connectivity index (χ0v) is 13.6. The fraction of sp³-hybridized carbons (Fsp3) is 0.